The first-order chi connectivity index (χ1) is 10.1. The van der Waals surface area contributed by atoms with Gasteiger partial charge in [0.15, 0.2) is 0 Å². The number of nitrogens with one attached hydrogen (secondary N) is 1. The summed E-state index contributed by atoms with van der Waals surface area (Å²) < 4.78 is 0. The number of nitrogens with zero attached hydrogens (tertiary/aromatic N) is 2. The van der Waals surface area contributed by atoms with Crippen molar-refractivity contribution in [3.63, 3.8) is 0 Å². The van der Waals surface area contributed by atoms with Crippen LogP contribution in [-0.4, -0.2) is 16.0 Å². The van der Waals surface area contributed by atoms with Crippen molar-refractivity contribution in [2.45, 2.75) is 38.8 Å². The molecule has 1 heterocycles. The van der Waals surface area contributed by atoms with Crippen LogP contribution < -0.4 is 5.32 Å². The predicted molar refractivity (Wildman–Crippen MR) is 85.9 cm³/mol. The number of rotatable bonds is 5. The van der Waals surface area contributed by atoms with Gasteiger partial charge in [-0.15, -0.1) is 0 Å². The van der Waals surface area contributed by atoms with Crippen LogP contribution in [0.4, 0.5) is 0 Å². The highest BCUT2D eigenvalue weighted by molar-refractivity contribution is 6.35. The van der Waals surface area contributed by atoms with Crippen LogP contribution in [0.5, 0.6) is 0 Å². The Morgan fingerprint density at radius 3 is 2.71 bits per heavy atom. The Labute approximate surface area is 134 Å². The van der Waals surface area contributed by atoms with Crippen molar-refractivity contribution >= 4 is 23.2 Å². The highest BCUT2D eigenvalue weighted by atomic mass is 35.5. The quantitative estimate of drug-likeness (QED) is 0.906. The maximum absolute atomic E-state index is 6.22. The van der Waals surface area contributed by atoms with Crippen molar-refractivity contribution in [3.05, 3.63) is 57.1 Å². The highest BCUT2D eigenvalue weighted by Gasteiger charge is 2.20. The first kappa shape index (κ1) is 14.8. The van der Waals surface area contributed by atoms with E-state index in [-0.39, 0.29) is 0 Å². The smallest absolute Gasteiger partial charge is 0.133 e. The third kappa shape index (κ3) is 4.16. The second-order valence-corrected chi connectivity index (χ2v) is 6.33. The number of benzene rings is 1. The standard InChI is InChI=1S/C16H17Cl2N3/c1-10-6-14(9-19-13-4-5-13)21-16(20-10)7-11-2-3-12(17)8-15(11)18/h2-3,6,8,13,19H,4-5,7,9H2,1H3. The summed E-state index contributed by atoms with van der Waals surface area (Å²) in [5.41, 5.74) is 3.01. The molecule has 1 saturated carbocycles. The Morgan fingerprint density at radius 2 is 2.00 bits per heavy atom. The first-order valence-corrected chi connectivity index (χ1v) is 7.86. The molecule has 1 fully saturated rings. The Balaban J connectivity index is 1.77. The van der Waals surface area contributed by atoms with Gasteiger partial charge in [0.05, 0.1) is 5.69 Å². The summed E-state index contributed by atoms with van der Waals surface area (Å²) >= 11 is 12.1. The van der Waals surface area contributed by atoms with Crippen LogP contribution in [0.3, 0.4) is 0 Å². The van der Waals surface area contributed by atoms with Gasteiger partial charge in [0.25, 0.3) is 0 Å². The minimum atomic E-state index is 0.619. The minimum absolute atomic E-state index is 0.619. The third-order valence-corrected chi connectivity index (χ3v) is 4.05. The van der Waals surface area contributed by atoms with Crippen molar-refractivity contribution in [3.8, 4) is 0 Å². The fourth-order valence-electron chi connectivity index (χ4n) is 2.24. The van der Waals surface area contributed by atoms with Gasteiger partial charge < -0.3 is 5.32 Å². The maximum Gasteiger partial charge on any atom is 0.133 e. The zero-order valence-corrected chi connectivity index (χ0v) is 13.4. The molecular formula is C16H17Cl2N3. The summed E-state index contributed by atoms with van der Waals surface area (Å²) in [4.78, 5) is 9.13. The van der Waals surface area contributed by atoms with Crippen molar-refractivity contribution in [1.82, 2.24) is 15.3 Å². The molecule has 0 unspecified atom stereocenters. The molecule has 2 aromatic rings. The average Bonchev–Trinajstić information content (AvgIpc) is 3.23. The van der Waals surface area contributed by atoms with Gasteiger partial charge >= 0.3 is 0 Å². The summed E-state index contributed by atoms with van der Waals surface area (Å²) in [5, 5.41) is 4.78. The fourth-order valence-corrected chi connectivity index (χ4v) is 2.72. The molecule has 3 nitrogen and oxygen atoms in total. The van der Waals surface area contributed by atoms with Crippen LogP contribution in [0.15, 0.2) is 24.3 Å². The molecule has 0 saturated heterocycles. The lowest BCUT2D eigenvalue weighted by molar-refractivity contribution is 0.667. The molecule has 110 valence electrons. The monoisotopic (exact) mass is 321 g/mol. The van der Waals surface area contributed by atoms with Crippen molar-refractivity contribution in [2.75, 3.05) is 0 Å². The van der Waals surface area contributed by atoms with Crippen molar-refractivity contribution in [1.29, 1.82) is 0 Å². The molecule has 1 aromatic heterocycles. The Hall–Kier alpha value is -1.16. The van der Waals surface area contributed by atoms with Gasteiger partial charge in [0.2, 0.25) is 0 Å². The van der Waals surface area contributed by atoms with Gasteiger partial charge in [-0.05, 0) is 43.5 Å². The predicted octanol–water partition coefficient (Wildman–Crippen LogP) is 3.93. The molecule has 0 bridgehead atoms. The lowest BCUT2D eigenvalue weighted by atomic mass is 10.1. The van der Waals surface area contributed by atoms with Crippen LogP contribution >= 0.6 is 23.2 Å². The molecule has 5 heteroatoms. The molecule has 1 N–H and O–H groups in total. The normalized spacial score (nSPS) is 14.4. The lowest BCUT2D eigenvalue weighted by Gasteiger charge is -2.08. The molecule has 0 amide bonds. The number of hydrogen-bond donors (Lipinski definition) is 1. The van der Waals surface area contributed by atoms with E-state index in [1.54, 1.807) is 6.07 Å². The Bertz CT molecular complexity index is 654. The van der Waals surface area contributed by atoms with Gasteiger partial charge in [-0.1, -0.05) is 29.3 Å². The molecule has 0 radical (unpaired) electrons. The number of aryl methyl sites for hydroxylation is 1. The summed E-state index contributed by atoms with van der Waals surface area (Å²) in [7, 11) is 0. The van der Waals surface area contributed by atoms with Crippen molar-refractivity contribution in [2.24, 2.45) is 0 Å². The number of aromatic nitrogens is 2. The zero-order valence-electron chi connectivity index (χ0n) is 11.9. The second-order valence-electron chi connectivity index (χ2n) is 5.48. The number of hydrogen-bond acceptors (Lipinski definition) is 3. The second kappa shape index (κ2) is 6.30. The lowest BCUT2D eigenvalue weighted by Crippen LogP contribution is -2.17. The van der Waals surface area contributed by atoms with Crippen LogP contribution in [0, 0.1) is 6.92 Å². The van der Waals surface area contributed by atoms with Gasteiger partial charge in [0, 0.05) is 34.7 Å². The topological polar surface area (TPSA) is 37.8 Å². The maximum atomic E-state index is 6.22. The molecule has 0 atom stereocenters. The largest absolute Gasteiger partial charge is 0.308 e. The first-order valence-electron chi connectivity index (χ1n) is 7.11. The molecule has 21 heavy (non-hydrogen) atoms. The van der Waals surface area contributed by atoms with Gasteiger partial charge in [-0.2, -0.15) is 0 Å². The van der Waals surface area contributed by atoms with Crippen LogP contribution in [0.1, 0.15) is 35.6 Å². The van der Waals surface area contributed by atoms with Crippen molar-refractivity contribution < 1.29 is 0 Å². The minimum Gasteiger partial charge on any atom is -0.308 e. The number of halogens is 2. The van der Waals surface area contributed by atoms with E-state index in [1.807, 2.05) is 25.1 Å². The van der Waals surface area contributed by atoms with Gasteiger partial charge in [0.1, 0.15) is 5.82 Å². The molecule has 0 aliphatic heterocycles. The van der Waals surface area contributed by atoms with Gasteiger partial charge in [-0.25, -0.2) is 9.97 Å². The van der Waals surface area contributed by atoms with Crippen LogP contribution in [0.2, 0.25) is 10.0 Å². The van der Waals surface area contributed by atoms with E-state index in [4.69, 9.17) is 23.2 Å². The van der Waals surface area contributed by atoms with E-state index in [9.17, 15) is 0 Å². The summed E-state index contributed by atoms with van der Waals surface area (Å²) in [5.74, 6) is 0.798. The van der Waals surface area contributed by atoms with E-state index in [2.05, 4.69) is 15.3 Å². The Morgan fingerprint density at radius 1 is 1.19 bits per heavy atom. The molecule has 1 aliphatic rings. The highest BCUT2D eigenvalue weighted by Crippen LogP contribution is 2.23. The SMILES string of the molecule is Cc1cc(CNC2CC2)nc(Cc2ccc(Cl)cc2Cl)n1. The third-order valence-electron chi connectivity index (χ3n) is 3.47. The Kier molecular flexibility index (Phi) is 4.43. The van der Waals surface area contributed by atoms with E-state index in [1.165, 1.54) is 12.8 Å². The zero-order chi connectivity index (χ0) is 14.8. The summed E-state index contributed by atoms with van der Waals surface area (Å²) in [6.07, 6.45) is 3.17. The average molecular weight is 322 g/mol. The van der Waals surface area contributed by atoms with E-state index in [0.29, 0.717) is 22.5 Å². The molecule has 1 aliphatic carbocycles. The van der Waals surface area contributed by atoms with Gasteiger partial charge in [-0.3, -0.25) is 0 Å². The molecule has 3 rings (SSSR count). The van der Waals surface area contributed by atoms with E-state index in [0.717, 1.165) is 29.3 Å². The fraction of sp³-hybridized carbons (Fsp3) is 0.375. The molecule has 0 spiro atoms. The van der Waals surface area contributed by atoms with E-state index >= 15 is 0 Å². The summed E-state index contributed by atoms with van der Waals surface area (Å²) in [6, 6.07) is 8.23. The van der Waals surface area contributed by atoms with Crippen LogP contribution in [-0.2, 0) is 13.0 Å². The van der Waals surface area contributed by atoms with Crippen LogP contribution in [0.25, 0.3) is 0 Å². The van der Waals surface area contributed by atoms with E-state index < -0.39 is 0 Å². The summed E-state index contributed by atoms with van der Waals surface area (Å²) in [6.45, 7) is 2.80. The molecule has 1 aromatic carbocycles. The molecular weight excluding hydrogens is 305 g/mol.